The lowest BCUT2D eigenvalue weighted by atomic mass is 10.2. The van der Waals surface area contributed by atoms with E-state index < -0.39 is 18.3 Å². The highest BCUT2D eigenvalue weighted by Crippen LogP contribution is 1.92. The number of nitrogens with one attached hydrogen (secondary N) is 1. The van der Waals surface area contributed by atoms with E-state index in [1.54, 1.807) is 0 Å². The van der Waals surface area contributed by atoms with Crippen LogP contribution < -0.4 is 11.1 Å². The van der Waals surface area contributed by atoms with Crippen molar-refractivity contribution in [1.29, 1.82) is 0 Å². The molecule has 0 atom stereocenters. The Kier molecular flexibility index (Phi) is 6.09. The zero-order valence-electron chi connectivity index (χ0n) is 7.78. The van der Waals surface area contributed by atoms with Crippen LogP contribution in [-0.4, -0.2) is 29.4 Å². The highest BCUT2D eigenvalue weighted by atomic mass is 16.4. The van der Waals surface area contributed by atoms with E-state index in [2.05, 4.69) is 5.32 Å². The van der Waals surface area contributed by atoms with Gasteiger partial charge in [-0.25, -0.2) is 0 Å². The van der Waals surface area contributed by atoms with Gasteiger partial charge in [0.25, 0.3) is 0 Å². The third kappa shape index (κ3) is 8.51. The van der Waals surface area contributed by atoms with Gasteiger partial charge in [0.1, 0.15) is 6.42 Å². The summed E-state index contributed by atoms with van der Waals surface area (Å²) in [6.45, 7) is 0.374. The summed E-state index contributed by atoms with van der Waals surface area (Å²) < 4.78 is 0. The molecule has 0 bridgehead atoms. The van der Waals surface area contributed by atoms with Crippen molar-refractivity contribution in [2.75, 3.05) is 6.54 Å². The zero-order valence-corrected chi connectivity index (χ0v) is 7.78. The van der Waals surface area contributed by atoms with Crippen molar-refractivity contribution >= 4 is 17.8 Å². The van der Waals surface area contributed by atoms with Gasteiger partial charge in [-0.05, 0) is 12.8 Å². The Hall–Kier alpha value is -1.59. The Morgan fingerprint density at radius 1 is 1.21 bits per heavy atom. The zero-order chi connectivity index (χ0) is 11.0. The number of carboxylic acid groups (broad SMARTS) is 1. The lowest BCUT2D eigenvalue weighted by molar-refractivity contribution is -0.140. The van der Waals surface area contributed by atoms with Crippen LogP contribution in [0.15, 0.2) is 0 Å². The topological polar surface area (TPSA) is 109 Å². The smallest absolute Gasteiger partial charge is 0.312 e. The fraction of sp³-hybridized carbons (Fsp3) is 0.625. The maximum absolute atomic E-state index is 10.8. The number of carbonyl (C=O) groups excluding carboxylic acids is 2. The fourth-order valence-electron chi connectivity index (χ4n) is 0.852. The van der Waals surface area contributed by atoms with Crippen LogP contribution in [0.5, 0.6) is 0 Å². The molecule has 0 saturated heterocycles. The first kappa shape index (κ1) is 12.4. The van der Waals surface area contributed by atoms with Crippen molar-refractivity contribution in [3.63, 3.8) is 0 Å². The number of hydrogen-bond acceptors (Lipinski definition) is 3. The van der Waals surface area contributed by atoms with E-state index >= 15 is 0 Å². The Morgan fingerprint density at radius 3 is 2.36 bits per heavy atom. The predicted octanol–water partition coefficient (Wildman–Crippen LogP) is -0.767. The maximum atomic E-state index is 10.8. The minimum Gasteiger partial charge on any atom is -0.481 e. The van der Waals surface area contributed by atoms with Gasteiger partial charge >= 0.3 is 5.97 Å². The molecule has 0 aromatic heterocycles. The Balaban J connectivity index is 3.32. The van der Waals surface area contributed by atoms with Gasteiger partial charge in [0.05, 0.1) is 0 Å². The van der Waals surface area contributed by atoms with Crippen LogP contribution in [-0.2, 0) is 14.4 Å². The van der Waals surface area contributed by atoms with Crippen molar-refractivity contribution in [1.82, 2.24) is 5.32 Å². The molecule has 6 nitrogen and oxygen atoms in total. The minimum absolute atomic E-state index is 0.287. The molecule has 4 N–H and O–H groups in total. The van der Waals surface area contributed by atoms with Gasteiger partial charge in [-0.2, -0.15) is 0 Å². The molecule has 0 aliphatic heterocycles. The summed E-state index contributed by atoms with van der Waals surface area (Å²) in [5, 5.41) is 10.7. The highest BCUT2D eigenvalue weighted by Gasteiger charge is 2.05. The van der Waals surface area contributed by atoms with Crippen molar-refractivity contribution in [2.45, 2.75) is 25.7 Å². The molecule has 0 saturated carbocycles. The molecule has 0 spiro atoms. The van der Waals surface area contributed by atoms with Gasteiger partial charge in [0.2, 0.25) is 11.8 Å². The van der Waals surface area contributed by atoms with Crippen LogP contribution in [0.1, 0.15) is 25.7 Å². The Labute approximate surface area is 81.5 Å². The quantitative estimate of drug-likeness (QED) is 0.372. The van der Waals surface area contributed by atoms with E-state index in [9.17, 15) is 14.4 Å². The first-order valence-electron chi connectivity index (χ1n) is 4.29. The van der Waals surface area contributed by atoms with E-state index in [1.807, 2.05) is 0 Å². The molecule has 0 aromatic rings. The molecular weight excluding hydrogens is 188 g/mol. The van der Waals surface area contributed by atoms with Gasteiger partial charge in [0.15, 0.2) is 0 Å². The molecule has 2 amide bonds. The van der Waals surface area contributed by atoms with E-state index in [-0.39, 0.29) is 12.3 Å². The normalized spacial score (nSPS) is 9.43. The summed E-state index contributed by atoms with van der Waals surface area (Å²) in [5.41, 5.74) is 4.90. The first-order valence-corrected chi connectivity index (χ1v) is 4.29. The summed E-state index contributed by atoms with van der Waals surface area (Å²) in [6.07, 6.45) is 0.988. The molecule has 0 radical (unpaired) electrons. The number of unbranched alkanes of at least 4 members (excludes halogenated alkanes) is 1. The molecule has 0 fully saturated rings. The van der Waals surface area contributed by atoms with Gasteiger partial charge in [-0.1, -0.05) is 0 Å². The molecule has 0 aliphatic carbocycles. The number of amides is 2. The van der Waals surface area contributed by atoms with E-state index in [0.29, 0.717) is 19.4 Å². The Morgan fingerprint density at radius 2 is 1.86 bits per heavy atom. The molecule has 0 heterocycles. The second-order valence-electron chi connectivity index (χ2n) is 2.84. The second-order valence-corrected chi connectivity index (χ2v) is 2.84. The van der Waals surface area contributed by atoms with E-state index in [1.165, 1.54) is 0 Å². The molecule has 6 heteroatoms. The summed E-state index contributed by atoms with van der Waals surface area (Å²) in [7, 11) is 0. The third-order valence-electron chi connectivity index (χ3n) is 1.48. The van der Waals surface area contributed by atoms with Crippen LogP contribution in [0.4, 0.5) is 0 Å². The van der Waals surface area contributed by atoms with E-state index in [4.69, 9.17) is 10.8 Å². The van der Waals surface area contributed by atoms with Gasteiger partial charge in [0, 0.05) is 13.0 Å². The number of aliphatic carboxylic acids is 1. The molecular formula is C8H14N2O4. The SMILES string of the molecule is NC(=O)CCCCNC(=O)CC(=O)O. The summed E-state index contributed by atoms with van der Waals surface area (Å²) in [4.78, 5) is 31.1. The average Bonchev–Trinajstić information content (AvgIpc) is 2.01. The summed E-state index contributed by atoms with van der Waals surface area (Å²) in [6, 6.07) is 0. The summed E-state index contributed by atoms with van der Waals surface area (Å²) >= 11 is 0. The number of rotatable bonds is 7. The lowest BCUT2D eigenvalue weighted by Gasteiger charge is -2.01. The number of nitrogens with two attached hydrogens (primary N) is 1. The number of hydrogen-bond donors (Lipinski definition) is 3. The Bertz CT molecular complexity index is 227. The number of carbonyl (C=O) groups is 3. The summed E-state index contributed by atoms with van der Waals surface area (Å²) in [5.74, 6) is -2.04. The highest BCUT2D eigenvalue weighted by molar-refractivity contribution is 5.93. The van der Waals surface area contributed by atoms with Gasteiger partial charge in [-0.15, -0.1) is 0 Å². The van der Waals surface area contributed by atoms with Crippen LogP contribution >= 0.6 is 0 Å². The van der Waals surface area contributed by atoms with Gasteiger partial charge in [-0.3, -0.25) is 14.4 Å². The minimum atomic E-state index is -1.15. The first-order chi connectivity index (χ1) is 6.52. The van der Waals surface area contributed by atoms with Crippen LogP contribution in [0, 0.1) is 0 Å². The molecule has 80 valence electrons. The average molecular weight is 202 g/mol. The van der Waals surface area contributed by atoms with Crippen LogP contribution in [0.25, 0.3) is 0 Å². The van der Waals surface area contributed by atoms with Crippen molar-refractivity contribution in [3.05, 3.63) is 0 Å². The molecule has 0 unspecified atom stereocenters. The second kappa shape index (κ2) is 6.88. The van der Waals surface area contributed by atoms with Crippen molar-refractivity contribution in [2.24, 2.45) is 5.73 Å². The van der Waals surface area contributed by atoms with Crippen LogP contribution in [0.3, 0.4) is 0 Å². The monoisotopic (exact) mass is 202 g/mol. The maximum Gasteiger partial charge on any atom is 0.312 e. The largest absolute Gasteiger partial charge is 0.481 e. The third-order valence-corrected chi connectivity index (χ3v) is 1.48. The fourth-order valence-corrected chi connectivity index (χ4v) is 0.852. The number of primary amides is 1. The van der Waals surface area contributed by atoms with Crippen LogP contribution in [0.2, 0.25) is 0 Å². The van der Waals surface area contributed by atoms with Crippen molar-refractivity contribution in [3.8, 4) is 0 Å². The van der Waals surface area contributed by atoms with Gasteiger partial charge < -0.3 is 16.2 Å². The molecule has 14 heavy (non-hydrogen) atoms. The van der Waals surface area contributed by atoms with Crippen molar-refractivity contribution < 1.29 is 19.5 Å². The molecule has 0 aromatic carbocycles. The standard InChI is InChI=1S/C8H14N2O4/c9-6(11)3-1-2-4-10-7(12)5-8(13)14/h1-5H2,(H2,9,11)(H,10,12)(H,13,14). The number of carboxylic acids is 1. The van der Waals surface area contributed by atoms with E-state index in [0.717, 1.165) is 0 Å². The molecule has 0 rings (SSSR count). The molecule has 0 aliphatic rings. The lowest BCUT2D eigenvalue weighted by Crippen LogP contribution is -2.26. The predicted molar refractivity (Wildman–Crippen MR) is 48.3 cm³/mol.